The monoisotopic (exact) mass is 704 g/mol. The highest BCUT2D eigenvalue weighted by Crippen LogP contribution is 2.16. The lowest BCUT2D eigenvalue weighted by molar-refractivity contribution is -0.123. The molecular weight excluding hydrogens is 615 g/mol. The van der Waals surface area contributed by atoms with Crippen molar-refractivity contribution in [2.24, 2.45) is 0 Å². The smallest absolute Gasteiger partial charge is 0.220 e. The van der Waals surface area contributed by atoms with E-state index in [2.05, 4.69) is 31.3 Å². The lowest BCUT2D eigenvalue weighted by atomic mass is 10.0. The van der Waals surface area contributed by atoms with Crippen molar-refractivity contribution in [3.8, 4) is 0 Å². The quantitative estimate of drug-likeness (QED) is 0.0438. The maximum Gasteiger partial charge on any atom is 0.220 e. The summed E-state index contributed by atoms with van der Waals surface area (Å²) < 4.78 is 0. The fourth-order valence-corrected chi connectivity index (χ4v) is 6.92. The van der Waals surface area contributed by atoms with Gasteiger partial charge in [0.15, 0.2) is 0 Å². The average molecular weight is 704 g/mol. The largest absolute Gasteiger partial charge is 0.394 e. The van der Waals surface area contributed by atoms with Gasteiger partial charge in [0.05, 0.1) is 18.8 Å². The molecule has 296 valence electrons. The second-order valence-corrected chi connectivity index (χ2v) is 15.5. The molecule has 0 aromatic heterocycles. The van der Waals surface area contributed by atoms with Crippen molar-refractivity contribution < 1.29 is 15.0 Å². The topological polar surface area (TPSA) is 69.6 Å². The summed E-state index contributed by atoms with van der Waals surface area (Å²) in [6, 6.07) is -0.623. The summed E-state index contributed by atoms with van der Waals surface area (Å²) >= 11 is 0. The van der Waals surface area contributed by atoms with Gasteiger partial charge in [0.1, 0.15) is 0 Å². The van der Waals surface area contributed by atoms with Crippen molar-refractivity contribution in [1.29, 1.82) is 0 Å². The number of rotatable bonds is 41. The minimum atomic E-state index is -0.839. The van der Waals surface area contributed by atoms with E-state index in [1.807, 2.05) is 6.08 Å². The van der Waals surface area contributed by atoms with Crippen LogP contribution in [-0.4, -0.2) is 34.9 Å². The van der Waals surface area contributed by atoms with Crippen LogP contribution in [0.5, 0.6) is 0 Å². The van der Waals surface area contributed by atoms with Crippen molar-refractivity contribution >= 4 is 5.91 Å². The van der Waals surface area contributed by atoms with E-state index >= 15 is 0 Å². The summed E-state index contributed by atoms with van der Waals surface area (Å²) in [5.41, 5.74) is 0. The van der Waals surface area contributed by atoms with Crippen LogP contribution in [0.25, 0.3) is 0 Å². The standard InChI is InChI=1S/C46H89NO3/c1-3-5-7-9-11-13-15-16-17-18-19-20-21-22-23-24-25-26-27-28-29-30-32-33-35-37-39-41-45(49)44(43-48)47-46(50)42-40-38-36-34-31-14-12-10-8-6-4-2/h10,12,39,41,44-45,48-49H,3-9,11,13-38,40,42-43H2,1-2H3,(H,47,50)/b12-10-,41-39+. The molecule has 0 radical (unpaired) electrons. The molecule has 1 amide bonds. The van der Waals surface area contributed by atoms with E-state index in [1.165, 1.54) is 186 Å². The van der Waals surface area contributed by atoms with E-state index in [0.717, 1.165) is 38.5 Å². The average Bonchev–Trinajstić information content (AvgIpc) is 3.12. The Morgan fingerprint density at radius 3 is 1.16 bits per heavy atom. The van der Waals surface area contributed by atoms with E-state index in [1.54, 1.807) is 6.08 Å². The summed E-state index contributed by atoms with van der Waals surface area (Å²) in [7, 11) is 0. The van der Waals surface area contributed by atoms with Crippen LogP contribution in [0.15, 0.2) is 24.3 Å². The first-order chi connectivity index (χ1) is 24.7. The summed E-state index contributed by atoms with van der Waals surface area (Å²) in [6.45, 7) is 4.28. The third-order valence-corrected chi connectivity index (χ3v) is 10.4. The molecule has 2 unspecified atom stereocenters. The molecule has 0 saturated carbocycles. The Hall–Kier alpha value is -1.13. The molecule has 0 aliphatic carbocycles. The third-order valence-electron chi connectivity index (χ3n) is 10.4. The Morgan fingerprint density at radius 1 is 0.460 bits per heavy atom. The molecule has 0 heterocycles. The molecule has 0 rings (SSSR count). The minimum absolute atomic E-state index is 0.0735. The Bertz CT molecular complexity index is 720. The van der Waals surface area contributed by atoms with Crippen LogP contribution < -0.4 is 5.32 Å². The Labute approximate surface area is 313 Å². The van der Waals surface area contributed by atoms with E-state index < -0.39 is 12.1 Å². The summed E-state index contributed by atoms with van der Waals surface area (Å²) in [5.74, 6) is -0.0735. The van der Waals surface area contributed by atoms with Crippen molar-refractivity contribution in [2.45, 2.75) is 257 Å². The van der Waals surface area contributed by atoms with Crippen molar-refractivity contribution in [2.75, 3.05) is 6.61 Å². The molecule has 0 aromatic rings. The van der Waals surface area contributed by atoms with Crippen molar-refractivity contribution in [3.63, 3.8) is 0 Å². The van der Waals surface area contributed by atoms with Crippen LogP contribution >= 0.6 is 0 Å². The van der Waals surface area contributed by atoms with Crippen LogP contribution in [0.2, 0.25) is 0 Å². The van der Waals surface area contributed by atoms with Gasteiger partial charge in [-0.3, -0.25) is 4.79 Å². The molecule has 0 aliphatic heterocycles. The Kier molecular flexibility index (Phi) is 41.3. The number of allylic oxidation sites excluding steroid dienone is 3. The predicted octanol–water partition coefficient (Wildman–Crippen LogP) is 14.0. The number of hydrogen-bond donors (Lipinski definition) is 3. The van der Waals surface area contributed by atoms with Gasteiger partial charge in [-0.05, 0) is 38.5 Å². The van der Waals surface area contributed by atoms with Crippen LogP contribution in [0.1, 0.15) is 245 Å². The highest BCUT2D eigenvalue weighted by Gasteiger charge is 2.17. The van der Waals surface area contributed by atoms with E-state index in [0.29, 0.717) is 6.42 Å². The van der Waals surface area contributed by atoms with Crippen molar-refractivity contribution in [1.82, 2.24) is 5.32 Å². The van der Waals surface area contributed by atoms with Crippen LogP contribution in [0.4, 0.5) is 0 Å². The van der Waals surface area contributed by atoms with Gasteiger partial charge in [-0.15, -0.1) is 0 Å². The number of hydrogen-bond acceptors (Lipinski definition) is 3. The summed E-state index contributed by atoms with van der Waals surface area (Å²) in [6.07, 6.45) is 54.5. The number of amides is 1. The molecule has 3 N–H and O–H groups in total. The van der Waals surface area contributed by atoms with Gasteiger partial charge in [-0.1, -0.05) is 224 Å². The molecule has 0 aliphatic rings. The summed E-state index contributed by atoms with van der Waals surface area (Å²) in [5, 5.41) is 23.0. The first-order valence-corrected chi connectivity index (χ1v) is 22.6. The molecule has 0 saturated heterocycles. The number of aliphatic hydroxyl groups excluding tert-OH is 2. The second kappa shape index (κ2) is 42.3. The number of nitrogens with one attached hydrogen (secondary N) is 1. The lowest BCUT2D eigenvalue weighted by Gasteiger charge is -2.20. The maximum atomic E-state index is 12.3. The van der Waals surface area contributed by atoms with Gasteiger partial charge in [-0.2, -0.15) is 0 Å². The molecule has 4 nitrogen and oxygen atoms in total. The van der Waals surface area contributed by atoms with Gasteiger partial charge in [-0.25, -0.2) is 0 Å². The fraction of sp³-hybridized carbons (Fsp3) is 0.891. The maximum absolute atomic E-state index is 12.3. The molecule has 0 fully saturated rings. The normalized spacial score (nSPS) is 13.1. The number of unbranched alkanes of at least 4 members (excludes halogenated alkanes) is 32. The molecule has 0 bridgehead atoms. The van der Waals surface area contributed by atoms with E-state index in [-0.39, 0.29) is 12.5 Å². The minimum Gasteiger partial charge on any atom is -0.394 e. The van der Waals surface area contributed by atoms with Crippen LogP contribution in [-0.2, 0) is 4.79 Å². The highest BCUT2D eigenvalue weighted by molar-refractivity contribution is 5.76. The highest BCUT2D eigenvalue weighted by atomic mass is 16.3. The number of carbonyl (C=O) groups excluding carboxylic acids is 1. The molecule has 4 heteroatoms. The fourth-order valence-electron chi connectivity index (χ4n) is 6.92. The predicted molar refractivity (Wildman–Crippen MR) is 221 cm³/mol. The first-order valence-electron chi connectivity index (χ1n) is 22.6. The van der Waals surface area contributed by atoms with Gasteiger partial charge in [0, 0.05) is 6.42 Å². The summed E-state index contributed by atoms with van der Waals surface area (Å²) in [4.78, 5) is 12.3. The second-order valence-electron chi connectivity index (χ2n) is 15.5. The van der Waals surface area contributed by atoms with Crippen LogP contribution in [0, 0.1) is 0 Å². The van der Waals surface area contributed by atoms with Gasteiger partial charge in [0.25, 0.3) is 0 Å². The third kappa shape index (κ3) is 38.1. The lowest BCUT2D eigenvalue weighted by Crippen LogP contribution is -2.45. The number of aliphatic hydroxyl groups is 2. The van der Waals surface area contributed by atoms with Crippen LogP contribution in [0.3, 0.4) is 0 Å². The van der Waals surface area contributed by atoms with Gasteiger partial charge < -0.3 is 15.5 Å². The van der Waals surface area contributed by atoms with E-state index in [9.17, 15) is 15.0 Å². The van der Waals surface area contributed by atoms with E-state index in [4.69, 9.17) is 0 Å². The number of carbonyl (C=O) groups is 1. The zero-order chi connectivity index (χ0) is 36.4. The van der Waals surface area contributed by atoms with Gasteiger partial charge in [0.2, 0.25) is 5.91 Å². The molecule has 2 atom stereocenters. The Morgan fingerprint density at radius 2 is 0.780 bits per heavy atom. The molecule has 0 aromatic carbocycles. The zero-order valence-corrected chi connectivity index (χ0v) is 33.9. The molecule has 0 spiro atoms. The van der Waals surface area contributed by atoms with Gasteiger partial charge >= 0.3 is 0 Å². The SMILES string of the molecule is CCCC/C=C\CCCCCCCC(=O)NC(CO)C(O)/C=C/CCCCCCCCCCCCCCCCCCCCCCCCCCC. The molecular formula is C46H89NO3. The first kappa shape index (κ1) is 48.9. The van der Waals surface area contributed by atoms with Crippen molar-refractivity contribution in [3.05, 3.63) is 24.3 Å². The Balaban J connectivity index is 3.47. The zero-order valence-electron chi connectivity index (χ0n) is 33.9. The molecule has 50 heavy (non-hydrogen) atoms.